The molecule has 18 heteroatoms. The summed E-state index contributed by atoms with van der Waals surface area (Å²) in [6.45, 7) is 6.51. The molecule has 67 heavy (non-hydrogen) atoms. The van der Waals surface area contributed by atoms with E-state index in [-0.39, 0.29) is 54.3 Å². The number of rotatable bonds is 13. The highest BCUT2D eigenvalue weighted by atomic mass is 35.5. The minimum absolute atomic E-state index is 0.00917. The third-order valence-electron chi connectivity index (χ3n) is 12.0. The van der Waals surface area contributed by atoms with Gasteiger partial charge in [-0.1, -0.05) is 54.1 Å². The maximum Gasteiger partial charge on any atom is 0.264 e. The molecule has 6 amide bonds. The van der Waals surface area contributed by atoms with E-state index in [1.54, 1.807) is 29.5 Å². The molecule has 0 aliphatic carbocycles. The van der Waals surface area contributed by atoms with Crippen LogP contribution in [0, 0.1) is 20.8 Å². The number of amides is 6. The van der Waals surface area contributed by atoms with Crippen molar-refractivity contribution in [2.75, 3.05) is 11.9 Å². The Hall–Kier alpha value is -7.50. The van der Waals surface area contributed by atoms with Crippen molar-refractivity contribution in [3.05, 3.63) is 151 Å². The zero-order valence-electron chi connectivity index (χ0n) is 36.6. The largest absolute Gasteiger partial charge is 0.356 e. The molecule has 0 spiro atoms. The Morgan fingerprint density at radius 1 is 0.821 bits per heavy atom. The number of nitrogens with zero attached hydrogens (tertiary/aromatic N) is 7. The summed E-state index contributed by atoms with van der Waals surface area (Å²) in [6.07, 6.45) is 1.24. The molecule has 3 aliphatic heterocycles. The number of carbonyl (C=O) groups excluding carboxylic acids is 6. The van der Waals surface area contributed by atoms with Crippen LogP contribution in [0.15, 0.2) is 106 Å². The third-order valence-corrected chi connectivity index (χ3v) is 13.5. The average Bonchev–Trinajstić information content (AvgIpc) is 3.89. The van der Waals surface area contributed by atoms with E-state index in [0.29, 0.717) is 41.6 Å². The van der Waals surface area contributed by atoms with Crippen molar-refractivity contribution in [1.82, 2.24) is 30.3 Å². The van der Waals surface area contributed by atoms with E-state index < -0.39 is 35.7 Å². The summed E-state index contributed by atoms with van der Waals surface area (Å²) in [5.41, 5.74) is 7.29. The van der Waals surface area contributed by atoms with Crippen LogP contribution in [0.1, 0.15) is 96.8 Å². The van der Waals surface area contributed by atoms with E-state index in [0.717, 1.165) is 49.3 Å². The maximum atomic E-state index is 13.5. The summed E-state index contributed by atoms with van der Waals surface area (Å²) in [4.78, 5) is 84.3. The molecule has 0 bridgehead atoms. The smallest absolute Gasteiger partial charge is 0.264 e. The van der Waals surface area contributed by atoms with Crippen LogP contribution in [-0.2, 0) is 32.0 Å². The number of thiophene rings is 1. The van der Waals surface area contributed by atoms with Crippen molar-refractivity contribution < 1.29 is 28.8 Å². The number of aromatic nitrogens is 3. The lowest BCUT2D eigenvalue weighted by Gasteiger charge is -2.27. The zero-order chi connectivity index (χ0) is 46.9. The second-order valence-electron chi connectivity index (χ2n) is 16.5. The molecular weight excluding hydrogens is 892 g/mol. The van der Waals surface area contributed by atoms with Gasteiger partial charge in [0, 0.05) is 40.4 Å². The Bertz CT molecular complexity index is 3050. The molecule has 3 aliphatic rings. The van der Waals surface area contributed by atoms with Crippen LogP contribution >= 0.6 is 22.9 Å². The highest BCUT2D eigenvalue weighted by molar-refractivity contribution is 7.15. The van der Waals surface area contributed by atoms with Gasteiger partial charge in [0.15, 0.2) is 5.82 Å². The molecule has 0 radical (unpaired) electrons. The molecule has 0 saturated carbocycles. The number of hydrogen-bond donors (Lipinski definition) is 3. The summed E-state index contributed by atoms with van der Waals surface area (Å²) in [7, 11) is 0. The molecule has 338 valence electrons. The number of imide groups is 2. The predicted octanol–water partition coefficient (Wildman–Crippen LogP) is 7.94. The molecule has 3 N–H and O–H groups in total. The molecule has 1 saturated heterocycles. The molecular formula is C49H43ClN10O6S. The van der Waals surface area contributed by atoms with Crippen LogP contribution in [0.5, 0.6) is 0 Å². The second kappa shape index (κ2) is 18.8. The second-order valence-corrected chi connectivity index (χ2v) is 18.1. The normalized spacial score (nSPS) is 16.6. The van der Waals surface area contributed by atoms with Crippen molar-refractivity contribution in [1.29, 1.82) is 0 Å². The van der Waals surface area contributed by atoms with E-state index in [1.807, 2.05) is 72.2 Å². The van der Waals surface area contributed by atoms with Crippen LogP contribution in [0.4, 0.5) is 17.1 Å². The van der Waals surface area contributed by atoms with Gasteiger partial charge in [-0.25, -0.2) is 0 Å². The SMILES string of the molecule is Cc1sc2c(c1C)C(c1ccc(Cl)cc1)=N[C@@H](CC(=O)NCCc1ccc(N=Nc3ccc(CCC(=O)Nc4cccc5c4C(=O)N(C4CCC(=O)NC4=O)C5=O)cc3)cc1)c1nnc(C)n1-2. The number of halogens is 1. The van der Waals surface area contributed by atoms with Gasteiger partial charge in [-0.15, -0.1) is 21.5 Å². The summed E-state index contributed by atoms with van der Waals surface area (Å²) in [5.74, 6) is -1.66. The van der Waals surface area contributed by atoms with Gasteiger partial charge >= 0.3 is 0 Å². The van der Waals surface area contributed by atoms with Crippen LogP contribution in [0.2, 0.25) is 5.02 Å². The number of piperidine rings is 1. The lowest BCUT2D eigenvalue weighted by atomic mass is 9.99. The monoisotopic (exact) mass is 934 g/mol. The molecule has 2 atom stereocenters. The fourth-order valence-electron chi connectivity index (χ4n) is 8.39. The lowest BCUT2D eigenvalue weighted by molar-refractivity contribution is -0.136. The zero-order valence-corrected chi connectivity index (χ0v) is 38.2. The van der Waals surface area contributed by atoms with Crippen molar-refractivity contribution in [3.8, 4) is 5.00 Å². The Labute approximate surface area is 393 Å². The molecule has 4 aromatic carbocycles. The standard InChI is InChI=1S/C49H43ClN10O6S/c1-26-27(2)67-49-42(26)44(31-12-14-32(50)15-13-31)53-37(45-58-55-28(3)59(45)49)25-41(63)51-24-23-30-9-18-34(19-10-30)57-56-33-16-7-29(8-17-33)11-21-39(61)52-36-6-4-5-35-43(36)48(66)60(47(35)65)38-20-22-40(62)54-46(38)64/h4-10,12-19,37-38H,11,20-25H2,1-3H3,(H,51,63)(H,52,61)(H,54,62,64)/t37-,38?/m0/s1. The maximum absolute atomic E-state index is 13.5. The minimum Gasteiger partial charge on any atom is -0.356 e. The number of azo groups is 1. The number of hydrogen-bond acceptors (Lipinski definition) is 12. The number of carbonyl (C=O) groups is 6. The number of fused-ring (bicyclic) bond motifs is 4. The Kier molecular flexibility index (Phi) is 12.5. The van der Waals surface area contributed by atoms with Gasteiger partial charge in [0.2, 0.25) is 23.6 Å². The van der Waals surface area contributed by atoms with Gasteiger partial charge in [0.25, 0.3) is 11.8 Å². The van der Waals surface area contributed by atoms with Gasteiger partial charge < -0.3 is 10.6 Å². The van der Waals surface area contributed by atoms with Gasteiger partial charge in [0.1, 0.15) is 22.9 Å². The summed E-state index contributed by atoms with van der Waals surface area (Å²) in [5, 5.41) is 27.2. The van der Waals surface area contributed by atoms with E-state index >= 15 is 0 Å². The molecule has 2 aromatic heterocycles. The number of benzene rings is 4. The topological polar surface area (TPSA) is 210 Å². The van der Waals surface area contributed by atoms with E-state index in [4.69, 9.17) is 16.6 Å². The van der Waals surface area contributed by atoms with Gasteiger partial charge in [-0.2, -0.15) is 10.2 Å². The Morgan fingerprint density at radius 3 is 2.19 bits per heavy atom. The first-order chi connectivity index (χ1) is 32.3. The fourth-order valence-corrected chi connectivity index (χ4v) is 9.73. The van der Waals surface area contributed by atoms with Gasteiger partial charge in [-0.05, 0) is 105 Å². The van der Waals surface area contributed by atoms with E-state index in [9.17, 15) is 28.8 Å². The molecule has 6 aromatic rings. The summed E-state index contributed by atoms with van der Waals surface area (Å²) in [6, 6.07) is 25.4. The van der Waals surface area contributed by atoms with Crippen LogP contribution in [0.25, 0.3) is 5.00 Å². The average molecular weight is 935 g/mol. The third kappa shape index (κ3) is 9.20. The minimum atomic E-state index is -1.10. The molecule has 16 nitrogen and oxygen atoms in total. The van der Waals surface area contributed by atoms with Crippen molar-refractivity contribution >= 4 is 81.2 Å². The number of nitrogens with one attached hydrogen (secondary N) is 3. The van der Waals surface area contributed by atoms with Crippen molar-refractivity contribution in [2.24, 2.45) is 15.2 Å². The highest BCUT2D eigenvalue weighted by Gasteiger charge is 2.46. The number of aliphatic imine (C=N–C) groups is 1. The van der Waals surface area contributed by atoms with Crippen molar-refractivity contribution in [3.63, 3.8) is 0 Å². The first-order valence-electron chi connectivity index (χ1n) is 21.7. The van der Waals surface area contributed by atoms with Crippen LogP contribution in [0.3, 0.4) is 0 Å². The van der Waals surface area contributed by atoms with E-state index in [1.165, 1.54) is 17.0 Å². The van der Waals surface area contributed by atoms with Gasteiger partial charge in [0.05, 0.1) is 40.3 Å². The van der Waals surface area contributed by atoms with E-state index in [2.05, 4.69) is 50.2 Å². The lowest BCUT2D eigenvalue weighted by Crippen LogP contribution is -2.54. The quantitative estimate of drug-likeness (QED) is 0.0763. The number of anilines is 1. The molecule has 1 fully saturated rings. The molecule has 5 heterocycles. The number of aryl methyl sites for hydroxylation is 3. The highest BCUT2D eigenvalue weighted by Crippen LogP contribution is 2.40. The van der Waals surface area contributed by atoms with Crippen LogP contribution in [-0.4, -0.2) is 73.4 Å². The Morgan fingerprint density at radius 2 is 1.51 bits per heavy atom. The van der Waals surface area contributed by atoms with Crippen molar-refractivity contribution in [2.45, 2.75) is 71.4 Å². The first kappa shape index (κ1) is 44.7. The van der Waals surface area contributed by atoms with Gasteiger partial charge in [-0.3, -0.25) is 48.5 Å². The molecule has 1 unspecified atom stereocenters. The molecule has 9 rings (SSSR count). The summed E-state index contributed by atoms with van der Waals surface area (Å²) < 4.78 is 2.03. The first-order valence-corrected chi connectivity index (χ1v) is 22.9. The summed E-state index contributed by atoms with van der Waals surface area (Å²) >= 11 is 7.91. The fraction of sp³-hybridized carbons (Fsp3) is 0.245. The predicted molar refractivity (Wildman–Crippen MR) is 252 cm³/mol. The van der Waals surface area contributed by atoms with Crippen LogP contribution < -0.4 is 16.0 Å². The Balaban J connectivity index is 0.759.